The number of fused-ring (bicyclic) bond motifs is 1. The molecule has 0 amide bonds. The lowest BCUT2D eigenvalue weighted by Crippen LogP contribution is -2.44. The summed E-state index contributed by atoms with van der Waals surface area (Å²) in [7, 11) is 4.58. The van der Waals surface area contributed by atoms with Crippen molar-refractivity contribution in [1.82, 2.24) is 0 Å². The van der Waals surface area contributed by atoms with E-state index in [0.29, 0.717) is 6.04 Å². The van der Waals surface area contributed by atoms with Gasteiger partial charge in [0.1, 0.15) is 6.54 Å². The summed E-state index contributed by atoms with van der Waals surface area (Å²) in [6, 6.07) is 16.0. The Hall–Kier alpha value is -1.34. The van der Waals surface area contributed by atoms with E-state index in [2.05, 4.69) is 70.4 Å². The molecule has 0 atom stereocenters. The van der Waals surface area contributed by atoms with Crippen LogP contribution in [0.5, 0.6) is 0 Å². The highest BCUT2D eigenvalue weighted by molar-refractivity contribution is 5.82. The zero-order valence-corrected chi connectivity index (χ0v) is 11.3. The SMILES string of the molecule is CC(C)[N+](C)(C)Cc1ccc2ccccc2c1. The van der Waals surface area contributed by atoms with Crippen LogP contribution in [-0.2, 0) is 6.54 Å². The van der Waals surface area contributed by atoms with Crippen LogP contribution in [0, 0.1) is 0 Å². The third-order valence-electron chi connectivity index (χ3n) is 3.80. The Kier molecular flexibility index (Phi) is 3.21. The van der Waals surface area contributed by atoms with Gasteiger partial charge in [-0.3, -0.25) is 0 Å². The van der Waals surface area contributed by atoms with E-state index in [-0.39, 0.29) is 0 Å². The number of hydrogen-bond acceptors (Lipinski definition) is 0. The molecule has 17 heavy (non-hydrogen) atoms. The van der Waals surface area contributed by atoms with Crippen LogP contribution in [0.4, 0.5) is 0 Å². The summed E-state index contributed by atoms with van der Waals surface area (Å²) < 4.78 is 1.03. The second-order valence-electron chi connectivity index (χ2n) is 5.71. The van der Waals surface area contributed by atoms with E-state index in [1.807, 2.05) is 0 Å². The van der Waals surface area contributed by atoms with Gasteiger partial charge in [0.15, 0.2) is 0 Å². The third-order valence-corrected chi connectivity index (χ3v) is 3.80. The van der Waals surface area contributed by atoms with Gasteiger partial charge in [-0.1, -0.05) is 36.4 Å². The van der Waals surface area contributed by atoms with Crippen LogP contribution in [0.15, 0.2) is 42.5 Å². The first-order chi connectivity index (χ1) is 7.99. The molecule has 0 spiro atoms. The predicted molar refractivity (Wildman–Crippen MR) is 74.9 cm³/mol. The lowest BCUT2D eigenvalue weighted by Gasteiger charge is -2.34. The van der Waals surface area contributed by atoms with E-state index in [1.54, 1.807) is 0 Å². The molecule has 0 unspecified atom stereocenters. The van der Waals surface area contributed by atoms with Gasteiger partial charge >= 0.3 is 0 Å². The van der Waals surface area contributed by atoms with E-state index >= 15 is 0 Å². The molecular weight excluding hydrogens is 206 g/mol. The fraction of sp³-hybridized carbons (Fsp3) is 0.375. The van der Waals surface area contributed by atoms with Crippen LogP contribution >= 0.6 is 0 Å². The molecule has 0 aliphatic heterocycles. The smallest absolute Gasteiger partial charge is 0.104 e. The van der Waals surface area contributed by atoms with Crippen LogP contribution in [0.25, 0.3) is 10.8 Å². The molecule has 0 aromatic heterocycles. The average Bonchev–Trinajstić information content (AvgIpc) is 2.28. The van der Waals surface area contributed by atoms with Gasteiger partial charge in [0.25, 0.3) is 0 Å². The molecule has 90 valence electrons. The summed E-state index contributed by atoms with van der Waals surface area (Å²) in [5, 5.41) is 2.67. The Morgan fingerprint density at radius 1 is 0.941 bits per heavy atom. The van der Waals surface area contributed by atoms with E-state index in [0.717, 1.165) is 11.0 Å². The summed E-state index contributed by atoms with van der Waals surface area (Å²) in [6.45, 7) is 5.64. The van der Waals surface area contributed by atoms with Gasteiger partial charge < -0.3 is 4.48 Å². The van der Waals surface area contributed by atoms with Crippen molar-refractivity contribution in [3.05, 3.63) is 48.0 Å². The second-order valence-corrected chi connectivity index (χ2v) is 5.71. The van der Waals surface area contributed by atoms with Gasteiger partial charge in [-0.15, -0.1) is 0 Å². The van der Waals surface area contributed by atoms with Gasteiger partial charge in [0.2, 0.25) is 0 Å². The van der Waals surface area contributed by atoms with Crippen molar-refractivity contribution < 1.29 is 4.48 Å². The van der Waals surface area contributed by atoms with Crippen molar-refractivity contribution in [2.75, 3.05) is 14.1 Å². The lowest BCUT2D eigenvalue weighted by molar-refractivity contribution is -0.924. The second kappa shape index (κ2) is 4.50. The molecule has 1 heteroatoms. The number of benzene rings is 2. The lowest BCUT2D eigenvalue weighted by atomic mass is 10.1. The van der Waals surface area contributed by atoms with Crippen LogP contribution in [0.2, 0.25) is 0 Å². The number of hydrogen-bond donors (Lipinski definition) is 0. The molecule has 0 aliphatic carbocycles. The molecule has 0 heterocycles. The van der Waals surface area contributed by atoms with Crippen molar-refractivity contribution in [2.24, 2.45) is 0 Å². The normalized spacial score (nSPS) is 12.3. The first-order valence-electron chi connectivity index (χ1n) is 6.29. The third kappa shape index (κ3) is 2.67. The fourth-order valence-electron chi connectivity index (χ4n) is 1.99. The molecule has 0 aliphatic rings. The van der Waals surface area contributed by atoms with Crippen molar-refractivity contribution in [2.45, 2.75) is 26.4 Å². The molecule has 1 nitrogen and oxygen atoms in total. The van der Waals surface area contributed by atoms with E-state index in [1.165, 1.54) is 16.3 Å². The Bertz CT molecular complexity index is 512. The van der Waals surface area contributed by atoms with Gasteiger partial charge in [-0.05, 0) is 30.7 Å². The highest BCUT2D eigenvalue weighted by Gasteiger charge is 2.19. The maximum atomic E-state index is 2.32. The Balaban J connectivity index is 2.31. The highest BCUT2D eigenvalue weighted by Crippen LogP contribution is 2.19. The Morgan fingerprint density at radius 3 is 2.24 bits per heavy atom. The van der Waals surface area contributed by atoms with Gasteiger partial charge in [0, 0.05) is 5.56 Å². The fourth-order valence-corrected chi connectivity index (χ4v) is 1.99. The Labute approximate surface area is 104 Å². The monoisotopic (exact) mass is 228 g/mol. The maximum Gasteiger partial charge on any atom is 0.104 e. The number of rotatable bonds is 3. The summed E-state index contributed by atoms with van der Waals surface area (Å²) >= 11 is 0. The largest absolute Gasteiger partial charge is 0.323 e. The minimum atomic E-state index is 0.640. The first-order valence-corrected chi connectivity index (χ1v) is 6.29. The molecule has 2 rings (SSSR count). The zero-order valence-electron chi connectivity index (χ0n) is 11.3. The molecular formula is C16H22N+. The van der Waals surface area contributed by atoms with Crippen LogP contribution in [0.3, 0.4) is 0 Å². The van der Waals surface area contributed by atoms with Crippen molar-refractivity contribution >= 4 is 10.8 Å². The van der Waals surface area contributed by atoms with E-state index < -0.39 is 0 Å². The molecule has 2 aromatic carbocycles. The molecule has 0 radical (unpaired) electrons. The minimum Gasteiger partial charge on any atom is -0.323 e. The maximum absolute atomic E-state index is 2.32. The molecule has 0 N–H and O–H groups in total. The van der Waals surface area contributed by atoms with Gasteiger partial charge in [-0.25, -0.2) is 0 Å². The molecule has 2 aromatic rings. The standard InChI is InChI=1S/C16H22N/c1-13(2)17(3,4)12-14-9-10-15-7-5-6-8-16(15)11-14/h5-11,13H,12H2,1-4H3/q+1. The van der Waals surface area contributed by atoms with Crippen LogP contribution in [-0.4, -0.2) is 24.6 Å². The topological polar surface area (TPSA) is 0 Å². The van der Waals surface area contributed by atoms with Crippen molar-refractivity contribution in [3.63, 3.8) is 0 Å². The zero-order chi connectivity index (χ0) is 12.5. The number of nitrogens with zero attached hydrogens (tertiary/aromatic N) is 1. The average molecular weight is 228 g/mol. The predicted octanol–water partition coefficient (Wildman–Crippen LogP) is 3.82. The van der Waals surface area contributed by atoms with E-state index in [4.69, 9.17) is 0 Å². The summed E-state index contributed by atoms with van der Waals surface area (Å²) in [5.74, 6) is 0. The van der Waals surface area contributed by atoms with Crippen molar-refractivity contribution in [1.29, 1.82) is 0 Å². The summed E-state index contributed by atoms with van der Waals surface area (Å²) in [5.41, 5.74) is 1.42. The summed E-state index contributed by atoms with van der Waals surface area (Å²) in [4.78, 5) is 0. The minimum absolute atomic E-state index is 0.640. The molecule has 0 bridgehead atoms. The molecule has 0 fully saturated rings. The molecule has 0 saturated heterocycles. The summed E-state index contributed by atoms with van der Waals surface area (Å²) in [6.07, 6.45) is 0. The quantitative estimate of drug-likeness (QED) is 0.700. The Morgan fingerprint density at radius 2 is 1.59 bits per heavy atom. The van der Waals surface area contributed by atoms with Crippen molar-refractivity contribution in [3.8, 4) is 0 Å². The van der Waals surface area contributed by atoms with Gasteiger partial charge in [-0.2, -0.15) is 0 Å². The van der Waals surface area contributed by atoms with Gasteiger partial charge in [0.05, 0.1) is 20.1 Å². The van der Waals surface area contributed by atoms with E-state index in [9.17, 15) is 0 Å². The number of quaternary nitrogens is 1. The molecule has 0 saturated carbocycles. The first kappa shape index (κ1) is 12.1. The van der Waals surface area contributed by atoms with Crippen LogP contribution < -0.4 is 0 Å². The highest BCUT2D eigenvalue weighted by atomic mass is 15.3. The van der Waals surface area contributed by atoms with Crippen LogP contribution in [0.1, 0.15) is 19.4 Å².